The number of nitrogens with zero attached hydrogens (tertiary/aromatic N) is 2. The maximum absolute atomic E-state index is 12.5. The Morgan fingerprint density at radius 2 is 1.48 bits per heavy atom. The molecule has 0 radical (unpaired) electrons. The number of carbonyl (C=O) groups is 2. The van der Waals surface area contributed by atoms with Crippen molar-refractivity contribution < 1.29 is 9.59 Å². The first-order valence-electron chi connectivity index (χ1n) is 8.11. The third-order valence-electron chi connectivity index (χ3n) is 4.00. The highest BCUT2D eigenvalue weighted by atomic mass is 16.2. The molecule has 6 heteroatoms. The Morgan fingerprint density at radius 3 is 2.07 bits per heavy atom. The third-order valence-corrected chi connectivity index (χ3v) is 4.00. The molecule has 0 saturated carbocycles. The number of hydrogen-bond acceptors (Lipinski definition) is 4. The molecule has 1 heterocycles. The monoisotopic (exact) mass is 354 g/mol. The Kier molecular flexibility index (Phi) is 5.11. The minimum absolute atomic E-state index is 0.234. The summed E-state index contributed by atoms with van der Waals surface area (Å²) in [6.45, 7) is 0.308. The van der Waals surface area contributed by atoms with Crippen LogP contribution in [-0.2, 0) is 6.54 Å². The number of rotatable bonds is 5. The smallest absolute Gasteiger partial charge is 0.267 e. The van der Waals surface area contributed by atoms with Gasteiger partial charge < -0.3 is 10.3 Å². The van der Waals surface area contributed by atoms with Crippen molar-refractivity contribution in [3.8, 4) is 12.1 Å². The fourth-order valence-corrected chi connectivity index (χ4v) is 2.49. The zero-order valence-corrected chi connectivity index (χ0v) is 14.2. The first kappa shape index (κ1) is 17.7. The molecule has 0 aliphatic heterocycles. The van der Waals surface area contributed by atoms with Crippen LogP contribution in [0.4, 0.5) is 0 Å². The molecule has 2 aromatic carbocycles. The summed E-state index contributed by atoms with van der Waals surface area (Å²) in [7, 11) is 0. The molecule has 27 heavy (non-hydrogen) atoms. The van der Waals surface area contributed by atoms with Gasteiger partial charge in [-0.25, -0.2) is 0 Å². The highest BCUT2D eigenvalue weighted by Gasteiger charge is 2.14. The molecule has 1 amide bonds. The van der Waals surface area contributed by atoms with Crippen LogP contribution in [0.3, 0.4) is 0 Å². The number of aromatic nitrogens is 1. The number of hydrogen-bond donors (Lipinski definition) is 2. The van der Waals surface area contributed by atoms with E-state index < -0.39 is 0 Å². The van der Waals surface area contributed by atoms with E-state index in [1.807, 2.05) is 12.1 Å². The number of nitrogens with one attached hydrogen (secondary N) is 2. The van der Waals surface area contributed by atoms with Gasteiger partial charge in [0.05, 0.1) is 23.3 Å². The van der Waals surface area contributed by atoms with Crippen LogP contribution in [0.25, 0.3) is 0 Å². The average molecular weight is 354 g/mol. The predicted octanol–water partition coefficient (Wildman–Crippen LogP) is 2.92. The molecule has 0 unspecified atom stereocenters. The van der Waals surface area contributed by atoms with Crippen LogP contribution in [0, 0.1) is 22.7 Å². The molecule has 2 N–H and O–H groups in total. The molecule has 3 rings (SSSR count). The molecule has 0 aliphatic carbocycles. The molecular formula is C21H14N4O2. The largest absolute Gasteiger partial charge is 0.356 e. The maximum Gasteiger partial charge on any atom is 0.267 e. The summed E-state index contributed by atoms with van der Waals surface area (Å²) in [4.78, 5) is 27.5. The molecular weight excluding hydrogens is 340 g/mol. The van der Waals surface area contributed by atoms with Gasteiger partial charge in [0, 0.05) is 23.9 Å². The molecule has 0 spiro atoms. The van der Waals surface area contributed by atoms with Gasteiger partial charge in [-0.2, -0.15) is 10.5 Å². The highest BCUT2D eigenvalue weighted by Crippen LogP contribution is 2.13. The lowest BCUT2D eigenvalue weighted by Gasteiger charge is -2.04. The Bertz CT molecular complexity index is 1070. The van der Waals surface area contributed by atoms with Gasteiger partial charge in [-0.05, 0) is 48.0 Å². The van der Waals surface area contributed by atoms with Crippen molar-refractivity contribution in [2.24, 2.45) is 0 Å². The zero-order chi connectivity index (χ0) is 19.2. The minimum atomic E-state index is -0.335. The van der Waals surface area contributed by atoms with Gasteiger partial charge in [-0.15, -0.1) is 0 Å². The van der Waals surface area contributed by atoms with Gasteiger partial charge in [0.15, 0.2) is 5.78 Å². The number of nitriles is 2. The fourth-order valence-electron chi connectivity index (χ4n) is 2.49. The van der Waals surface area contributed by atoms with Crippen LogP contribution in [0.2, 0.25) is 0 Å². The molecule has 0 bridgehead atoms. The van der Waals surface area contributed by atoms with Gasteiger partial charge in [0.25, 0.3) is 5.91 Å². The van der Waals surface area contributed by atoms with Gasteiger partial charge in [-0.3, -0.25) is 9.59 Å². The average Bonchev–Trinajstić information content (AvgIpc) is 3.22. The van der Waals surface area contributed by atoms with Gasteiger partial charge in [-0.1, -0.05) is 12.1 Å². The lowest BCUT2D eigenvalue weighted by molar-refractivity contribution is 0.0946. The van der Waals surface area contributed by atoms with Crippen molar-refractivity contribution in [1.82, 2.24) is 10.3 Å². The SMILES string of the molecule is N#Cc1ccc(CNC(=O)c2cc(C(=O)c3ccc(C#N)cc3)c[nH]2)cc1. The van der Waals surface area contributed by atoms with E-state index in [1.54, 1.807) is 48.5 Å². The number of aromatic amines is 1. The summed E-state index contributed by atoms with van der Waals surface area (Å²) in [6, 6.07) is 18.8. The number of amides is 1. The van der Waals surface area contributed by atoms with Crippen molar-refractivity contribution in [2.45, 2.75) is 6.54 Å². The number of ketones is 1. The fraction of sp³-hybridized carbons (Fsp3) is 0.0476. The Labute approximate surface area is 155 Å². The van der Waals surface area contributed by atoms with Crippen molar-refractivity contribution in [3.05, 3.63) is 94.3 Å². The molecule has 0 fully saturated rings. The molecule has 130 valence electrons. The summed E-state index contributed by atoms with van der Waals surface area (Å²) in [5.74, 6) is -0.569. The van der Waals surface area contributed by atoms with Crippen LogP contribution >= 0.6 is 0 Å². The normalized spacial score (nSPS) is 9.85. The van der Waals surface area contributed by atoms with Crippen molar-refractivity contribution in [2.75, 3.05) is 0 Å². The third kappa shape index (κ3) is 4.09. The number of H-pyrrole nitrogens is 1. The van der Waals surface area contributed by atoms with Crippen LogP contribution in [0.15, 0.2) is 60.8 Å². The number of benzene rings is 2. The minimum Gasteiger partial charge on any atom is -0.356 e. The summed E-state index contributed by atoms with van der Waals surface area (Å²) in [5, 5.41) is 20.4. The van der Waals surface area contributed by atoms with E-state index in [0.29, 0.717) is 28.8 Å². The zero-order valence-electron chi connectivity index (χ0n) is 14.2. The van der Waals surface area contributed by atoms with Crippen molar-refractivity contribution in [3.63, 3.8) is 0 Å². The Morgan fingerprint density at radius 1 is 0.889 bits per heavy atom. The molecule has 0 atom stereocenters. The van der Waals surface area contributed by atoms with Crippen LogP contribution < -0.4 is 5.32 Å². The lowest BCUT2D eigenvalue weighted by Crippen LogP contribution is -2.23. The summed E-state index contributed by atoms with van der Waals surface area (Å²) in [6.07, 6.45) is 1.48. The second-order valence-corrected chi connectivity index (χ2v) is 5.81. The van der Waals surface area contributed by atoms with Crippen LogP contribution in [0.5, 0.6) is 0 Å². The molecule has 3 aromatic rings. The first-order chi connectivity index (χ1) is 13.1. The van der Waals surface area contributed by atoms with E-state index in [-0.39, 0.29) is 17.4 Å². The predicted molar refractivity (Wildman–Crippen MR) is 97.7 cm³/mol. The van der Waals surface area contributed by atoms with E-state index in [2.05, 4.69) is 10.3 Å². The molecule has 0 saturated heterocycles. The topological polar surface area (TPSA) is 110 Å². The maximum atomic E-state index is 12.5. The van der Waals surface area contributed by atoms with Crippen LogP contribution in [0.1, 0.15) is 43.1 Å². The van der Waals surface area contributed by atoms with E-state index in [0.717, 1.165) is 5.56 Å². The second kappa shape index (κ2) is 7.81. The van der Waals surface area contributed by atoms with E-state index in [4.69, 9.17) is 10.5 Å². The van der Waals surface area contributed by atoms with Gasteiger partial charge >= 0.3 is 0 Å². The quantitative estimate of drug-likeness (QED) is 0.686. The van der Waals surface area contributed by atoms with Gasteiger partial charge in [0.2, 0.25) is 0 Å². The first-order valence-corrected chi connectivity index (χ1v) is 8.11. The molecule has 0 aliphatic rings. The molecule has 1 aromatic heterocycles. The summed E-state index contributed by atoms with van der Waals surface area (Å²) < 4.78 is 0. The van der Waals surface area contributed by atoms with Crippen LogP contribution in [-0.4, -0.2) is 16.7 Å². The van der Waals surface area contributed by atoms with E-state index in [1.165, 1.54) is 12.3 Å². The summed E-state index contributed by atoms with van der Waals surface area (Å²) in [5.41, 5.74) is 2.98. The number of carbonyl (C=O) groups excluding carboxylic acids is 2. The van der Waals surface area contributed by atoms with E-state index in [9.17, 15) is 9.59 Å². The second-order valence-electron chi connectivity index (χ2n) is 5.81. The standard InChI is InChI=1S/C21H14N4O2/c22-10-14-1-3-16(4-2-14)12-25-21(27)19-9-18(13-24-19)20(26)17-7-5-15(11-23)6-8-17/h1-9,13,24H,12H2,(H,25,27). The Hall–Kier alpha value is -4.16. The van der Waals surface area contributed by atoms with Crippen molar-refractivity contribution >= 4 is 11.7 Å². The van der Waals surface area contributed by atoms with Gasteiger partial charge in [0.1, 0.15) is 5.69 Å². The Balaban J connectivity index is 1.65. The molecule has 6 nitrogen and oxygen atoms in total. The van der Waals surface area contributed by atoms with E-state index >= 15 is 0 Å². The highest BCUT2D eigenvalue weighted by molar-refractivity contribution is 6.10. The van der Waals surface area contributed by atoms with Crippen molar-refractivity contribution in [1.29, 1.82) is 10.5 Å². The summed E-state index contributed by atoms with van der Waals surface area (Å²) >= 11 is 0. The lowest BCUT2D eigenvalue weighted by atomic mass is 10.0.